The van der Waals surface area contributed by atoms with Crippen LogP contribution in [0.4, 0.5) is 0 Å². The highest BCUT2D eigenvalue weighted by Crippen LogP contribution is 2.13. The molecule has 0 aliphatic carbocycles. The molecule has 0 spiro atoms. The van der Waals surface area contributed by atoms with Crippen molar-refractivity contribution < 1.29 is 4.74 Å². The summed E-state index contributed by atoms with van der Waals surface area (Å²) < 4.78 is 5.07. The first-order valence-electron chi connectivity index (χ1n) is 4.72. The van der Waals surface area contributed by atoms with E-state index in [-0.39, 0.29) is 0 Å². The van der Waals surface area contributed by atoms with Gasteiger partial charge in [0.05, 0.1) is 12.8 Å². The van der Waals surface area contributed by atoms with Crippen LogP contribution in [0, 0.1) is 0 Å². The van der Waals surface area contributed by atoms with E-state index < -0.39 is 5.66 Å². The summed E-state index contributed by atoms with van der Waals surface area (Å²) in [6, 6.07) is 7.95. The molecule has 0 aromatic heterocycles. The third kappa shape index (κ3) is 3.77. The SMILES string of the molecule is COc1ccc(CCC(C)(N)N)cc1. The molecule has 1 aromatic carbocycles. The Hall–Kier alpha value is -1.06. The molecule has 3 nitrogen and oxygen atoms in total. The molecule has 0 fully saturated rings. The Labute approximate surface area is 85.0 Å². The Kier molecular flexibility index (Phi) is 3.49. The molecule has 0 saturated carbocycles. The number of hydrogen-bond donors (Lipinski definition) is 2. The Morgan fingerprint density at radius 2 is 1.79 bits per heavy atom. The second-order valence-corrected chi connectivity index (χ2v) is 3.85. The lowest BCUT2D eigenvalue weighted by Crippen LogP contribution is -2.46. The molecule has 0 heterocycles. The lowest BCUT2D eigenvalue weighted by atomic mass is 10.0. The molecular formula is C11H18N2O. The van der Waals surface area contributed by atoms with Crippen molar-refractivity contribution in [2.24, 2.45) is 11.5 Å². The number of nitrogens with two attached hydrogens (primary N) is 2. The van der Waals surface area contributed by atoms with E-state index in [0.29, 0.717) is 0 Å². The van der Waals surface area contributed by atoms with Crippen LogP contribution in [0.15, 0.2) is 24.3 Å². The van der Waals surface area contributed by atoms with Gasteiger partial charge in [-0.15, -0.1) is 0 Å². The number of ether oxygens (including phenoxy) is 1. The van der Waals surface area contributed by atoms with Gasteiger partial charge in [-0.25, -0.2) is 0 Å². The lowest BCUT2D eigenvalue weighted by Gasteiger charge is -2.18. The topological polar surface area (TPSA) is 61.3 Å². The third-order valence-electron chi connectivity index (χ3n) is 2.11. The molecule has 0 unspecified atom stereocenters. The standard InChI is InChI=1S/C11H18N2O/c1-11(12,13)8-7-9-3-5-10(14-2)6-4-9/h3-6H,7-8,12-13H2,1-2H3. The zero-order valence-corrected chi connectivity index (χ0v) is 8.79. The minimum atomic E-state index is -0.583. The summed E-state index contributed by atoms with van der Waals surface area (Å²) >= 11 is 0. The predicted molar refractivity (Wildman–Crippen MR) is 58.1 cm³/mol. The summed E-state index contributed by atoms with van der Waals surface area (Å²) in [5.74, 6) is 0.872. The fourth-order valence-electron chi connectivity index (χ4n) is 1.21. The van der Waals surface area contributed by atoms with Crippen LogP contribution in [-0.2, 0) is 6.42 Å². The van der Waals surface area contributed by atoms with E-state index in [2.05, 4.69) is 0 Å². The van der Waals surface area contributed by atoms with E-state index in [0.717, 1.165) is 18.6 Å². The van der Waals surface area contributed by atoms with Crippen molar-refractivity contribution in [3.63, 3.8) is 0 Å². The van der Waals surface area contributed by atoms with E-state index in [1.165, 1.54) is 5.56 Å². The normalized spacial score (nSPS) is 11.4. The average Bonchev–Trinajstić information content (AvgIpc) is 2.14. The molecule has 14 heavy (non-hydrogen) atoms. The average molecular weight is 194 g/mol. The lowest BCUT2D eigenvalue weighted by molar-refractivity contribution is 0.414. The number of rotatable bonds is 4. The highest BCUT2D eigenvalue weighted by atomic mass is 16.5. The maximum Gasteiger partial charge on any atom is 0.118 e. The van der Waals surface area contributed by atoms with Crippen molar-refractivity contribution in [2.45, 2.75) is 25.4 Å². The van der Waals surface area contributed by atoms with Gasteiger partial charge in [0.2, 0.25) is 0 Å². The van der Waals surface area contributed by atoms with Gasteiger partial charge in [0, 0.05) is 0 Å². The minimum absolute atomic E-state index is 0.583. The molecule has 0 saturated heterocycles. The molecule has 0 radical (unpaired) electrons. The van der Waals surface area contributed by atoms with Gasteiger partial charge in [-0.2, -0.15) is 0 Å². The molecule has 0 aliphatic rings. The molecule has 0 amide bonds. The summed E-state index contributed by atoms with van der Waals surface area (Å²) in [7, 11) is 1.66. The first-order valence-corrected chi connectivity index (χ1v) is 4.72. The zero-order valence-electron chi connectivity index (χ0n) is 8.79. The van der Waals surface area contributed by atoms with Gasteiger partial charge in [0.1, 0.15) is 5.75 Å². The highest BCUT2D eigenvalue weighted by Gasteiger charge is 2.10. The van der Waals surface area contributed by atoms with Crippen LogP contribution in [0.3, 0.4) is 0 Å². The van der Waals surface area contributed by atoms with Crippen LogP contribution >= 0.6 is 0 Å². The minimum Gasteiger partial charge on any atom is -0.497 e. The first-order chi connectivity index (χ1) is 6.51. The smallest absolute Gasteiger partial charge is 0.118 e. The molecule has 3 heteroatoms. The fourth-order valence-corrected chi connectivity index (χ4v) is 1.21. The summed E-state index contributed by atoms with van der Waals surface area (Å²) in [5, 5.41) is 0. The highest BCUT2D eigenvalue weighted by molar-refractivity contribution is 5.27. The Morgan fingerprint density at radius 1 is 1.21 bits per heavy atom. The van der Waals surface area contributed by atoms with Gasteiger partial charge >= 0.3 is 0 Å². The van der Waals surface area contributed by atoms with Gasteiger partial charge in [0.25, 0.3) is 0 Å². The summed E-state index contributed by atoms with van der Waals surface area (Å²) in [6.45, 7) is 1.83. The van der Waals surface area contributed by atoms with Crippen molar-refractivity contribution in [1.29, 1.82) is 0 Å². The predicted octanol–water partition coefficient (Wildman–Crippen LogP) is 1.26. The molecule has 0 bridgehead atoms. The van der Waals surface area contributed by atoms with Crippen LogP contribution in [0.25, 0.3) is 0 Å². The van der Waals surface area contributed by atoms with E-state index in [1.807, 2.05) is 31.2 Å². The number of methoxy groups -OCH3 is 1. The van der Waals surface area contributed by atoms with Crippen LogP contribution in [-0.4, -0.2) is 12.8 Å². The van der Waals surface area contributed by atoms with Crippen molar-refractivity contribution in [3.05, 3.63) is 29.8 Å². The van der Waals surface area contributed by atoms with Gasteiger partial charge in [-0.1, -0.05) is 12.1 Å². The maximum atomic E-state index is 5.69. The van der Waals surface area contributed by atoms with Gasteiger partial charge in [0.15, 0.2) is 0 Å². The fraction of sp³-hybridized carbons (Fsp3) is 0.455. The summed E-state index contributed by atoms with van der Waals surface area (Å²) in [4.78, 5) is 0. The van der Waals surface area contributed by atoms with Crippen molar-refractivity contribution in [3.8, 4) is 5.75 Å². The first kappa shape index (κ1) is 11.0. The van der Waals surface area contributed by atoms with Crippen molar-refractivity contribution in [1.82, 2.24) is 0 Å². The number of hydrogen-bond acceptors (Lipinski definition) is 3. The van der Waals surface area contributed by atoms with Crippen molar-refractivity contribution >= 4 is 0 Å². The molecular weight excluding hydrogens is 176 g/mol. The molecule has 1 aromatic rings. The molecule has 0 aliphatic heterocycles. The van der Waals surface area contributed by atoms with E-state index >= 15 is 0 Å². The largest absolute Gasteiger partial charge is 0.497 e. The second kappa shape index (κ2) is 4.44. The van der Waals surface area contributed by atoms with Crippen LogP contribution in [0.1, 0.15) is 18.9 Å². The van der Waals surface area contributed by atoms with Crippen LogP contribution in [0.2, 0.25) is 0 Å². The Bertz CT molecular complexity index is 274. The molecule has 1 rings (SSSR count). The van der Waals surface area contributed by atoms with Crippen LogP contribution < -0.4 is 16.2 Å². The molecule has 0 atom stereocenters. The van der Waals surface area contributed by atoms with Gasteiger partial charge in [-0.05, 0) is 37.5 Å². The second-order valence-electron chi connectivity index (χ2n) is 3.85. The molecule has 78 valence electrons. The van der Waals surface area contributed by atoms with E-state index in [4.69, 9.17) is 16.2 Å². The monoisotopic (exact) mass is 194 g/mol. The van der Waals surface area contributed by atoms with E-state index in [1.54, 1.807) is 7.11 Å². The number of aryl methyl sites for hydroxylation is 1. The number of benzene rings is 1. The van der Waals surface area contributed by atoms with Gasteiger partial charge < -0.3 is 16.2 Å². The Morgan fingerprint density at radius 3 is 2.21 bits per heavy atom. The summed E-state index contributed by atoms with van der Waals surface area (Å²) in [6.07, 6.45) is 1.67. The quantitative estimate of drug-likeness (QED) is 0.709. The maximum absolute atomic E-state index is 5.69. The Balaban J connectivity index is 2.52. The van der Waals surface area contributed by atoms with Gasteiger partial charge in [-0.3, -0.25) is 0 Å². The zero-order chi connectivity index (χ0) is 10.6. The third-order valence-corrected chi connectivity index (χ3v) is 2.11. The van der Waals surface area contributed by atoms with E-state index in [9.17, 15) is 0 Å². The molecule has 4 N–H and O–H groups in total. The van der Waals surface area contributed by atoms with Crippen LogP contribution in [0.5, 0.6) is 5.75 Å². The summed E-state index contributed by atoms with van der Waals surface area (Å²) in [5.41, 5.74) is 12.0. The van der Waals surface area contributed by atoms with Crippen molar-refractivity contribution in [2.75, 3.05) is 7.11 Å².